The number of urea groups is 1. The molecule has 0 saturated carbocycles. The number of fused-ring (bicyclic) bond motifs is 1. The van der Waals surface area contributed by atoms with E-state index in [-0.39, 0.29) is 4.90 Å². The number of sulfonamides is 1. The van der Waals surface area contributed by atoms with Crippen LogP contribution in [0.5, 0.6) is 0 Å². The van der Waals surface area contributed by atoms with Crippen molar-refractivity contribution in [2.45, 2.75) is 18.7 Å². The molecule has 1 aliphatic heterocycles. The lowest BCUT2D eigenvalue weighted by Crippen LogP contribution is -2.51. The average Bonchev–Trinajstić information content (AvgIpc) is 2.50. The molecule has 0 fully saturated rings. The average molecular weight is 351 g/mol. The van der Waals surface area contributed by atoms with Crippen molar-refractivity contribution in [3.05, 3.63) is 53.1 Å². The summed E-state index contributed by atoms with van der Waals surface area (Å²) in [7, 11) is -3.96. The first kappa shape index (κ1) is 15.8. The van der Waals surface area contributed by atoms with Crippen LogP contribution in [0.15, 0.2) is 47.4 Å². The highest BCUT2D eigenvalue weighted by Crippen LogP contribution is 2.38. The molecule has 0 bridgehead atoms. The molecule has 5 nitrogen and oxygen atoms in total. The number of para-hydroxylation sites is 1. The quantitative estimate of drug-likeness (QED) is 0.827. The van der Waals surface area contributed by atoms with Gasteiger partial charge in [0.15, 0.2) is 0 Å². The third kappa shape index (κ3) is 2.38. The Morgan fingerprint density at radius 1 is 1.09 bits per heavy atom. The number of hydrogen-bond donors (Lipinski definition) is 0. The van der Waals surface area contributed by atoms with Crippen molar-refractivity contribution in [3.63, 3.8) is 0 Å². The molecule has 2 aromatic carbocycles. The molecular weight excluding hydrogens is 336 g/mol. The molecule has 3 rings (SSSR count). The molecule has 0 atom stereocenters. The molecule has 1 aliphatic rings. The standard InChI is InChI=1S/C16H15ClN2O3S/c1-3-18-14-6-4-5-7-15(14)23(21,22)19(16(18)20)13-9-8-12(17)10-11(13)2/h4-10H,3H2,1-2H3. The van der Waals surface area contributed by atoms with Gasteiger partial charge in [0, 0.05) is 11.6 Å². The highest BCUT2D eigenvalue weighted by Gasteiger charge is 2.42. The Balaban J connectivity index is 2.28. The van der Waals surface area contributed by atoms with Crippen molar-refractivity contribution >= 4 is 39.0 Å². The Hall–Kier alpha value is -2.05. The fourth-order valence-electron chi connectivity index (χ4n) is 2.70. The number of anilines is 2. The van der Waals surface area contributed by atoms with E-state index < -0.39 is 16.1 Å². The highest BCUT2D eigenvalue weighted by molar-refractivity contribution is 7.94. The van der Waals surface area contributed by atoms with Gasteiger partial charge >= 0.3 is 6.03 Å². The Kier molecular flexibility index (Phi) is 3.82. The second-order valence-electron chi connectivity index (χ2n) is 5.19. The first-order chi connectivity index (χ1) is 10.9. The normalized spacial score (nSPS) is 16.4. The fraction of sp³-hybridized carbons (Fsp3) is 0.188. The lowest BCUT2D eigenvalue weighted by atomic mass is 10.2. The molecule has 1 heterocycles. The summed E-state index contributed by atoms with van der Waals surface area (Å²) >= 11 is 5.94. The predicted molar refractivity (Wildman–Crippen MR) is 90.7 cm³/mol. The highest BCUT2D eigenvalue weighted by atomic mass is 35.5. The van der Waals surface area contributed by atoms with Crippen LogP contribution in [-0.2, 0) is 10.0 Å². The van der Waals surface area contributed by atoms with Crippen LogP contribution in [0.3, 0.4) is 0 Å². The summed E-state index contributed by atoms with van der Waals surface area (Å²) in [5.74, 6) is 0. The number of aryl methyl sites for hydroxylation is 1. The molecule has 0 N–H and O–H groups in total. The summed E-state index contributed by atoms with van der Waals surface area (Å²) < 4.78 is 26.8. The van der Waals surface area contributed by atoms with E-state index >= 15 is 0 Å². The number of hydrogen-bond acceptors (Lipinski definition) is 3. The monoisotopic (exact) mass is 350 g/mol. The van der Waals surface area contributed by atoms with Gasteiger partial charge in [0.1, 0.15) is 4.90 Å². The van der Waals surface area contributed by atoms with Crippen LogP contribution >= 0.6 is 11.6 Å². The zero-order valence-electron chi connectivity index (χ0n) is 12.7. The van der Waals surface area contributed by atoms with Gasteiger partial charge in [-0.05, 0) is 49.7 Å². The number of carbonyl (C=O) groups excluding carboxylic acids is 1. The maximum Gasteiger partial charge on any atom is 0.343 e. The van der Waals surface area contributed by atoms with Gasteiger partial charge in [0.25, 0.3) is 10.0 Å². The summed E-state index contributed by atoms with van der Waals surface area (Å²) in [6, 6.07) is 10.7. The van der Waals surface area contributed by atoms with Gasteiger partial charge in [0.2, 0.25) is 0 Å². The van der Waals surface area contributed by atoms with Gasteiger partial charge in [-0.2, -0.15) is 4.31 Å². The van der Waals surface area contributed by atoms with Crippen LogP contribution in [0.2, 0.25) is 5.02 Å². The Morgan fingerprint density at radius 3 is 2.43 bits per heavy atom. The predicted octanol–water partition coefficient (Wildman–Crippen LogP) is 3.80. The molecule has 0 unspecified atom stereocenters. The van der Waals surface area contributed by atoms with Gasteiger partial charge < -0.3 is 0 Å². The summed E-state index contributed by atoms with van der Waals surface area (Å²) in [4.78, 5) is 14.4. The van der Waals surface area contributed by atoms with Crippen LogP contribution in [0.25, 0.3) is 0 Å². The van der Waals surface area contributed by atoms with E-state index in [9.17, 15) is 13.2 Å². The summed E-state index contributed by atoms with van der Waals surface area (Å²) in [6.45, 7) is 3.90. The first-order valence-corrected chi connectivity index (χ1v) is 8.91. The second-order valence-corrected chi connectivity index (χ2v) is 7.39. The smallest absolute Gasteiger partial charge is 0.292 e. The molecule has 0 saturated heterocycles. The van der Waals surface area contributed by atoms with Crippen LogP contribution < -0.4 is 9.21 Å². The zero-order valence-corrected chi connectivity index (χ0v) is 14.2. The van der Waals surface area contributed by atoms with Crippen LogP contribution in [0, 0.1) is 6.92 Å². The number of amides is 2. The topological polar surface area (TPSA) is 57.7 Å². The van der Waals surface area contributed by atoms with Crippen molar-refractivity contribution in [1.29, 1.82) is 0 Å². The molecular formula is C16H15ClN2O3S. The van der Waals surface area contributed by atoms with Crippen molar-refractivity contribution in [3.8, 4) is 0 Å². The van der Waals surface area contributed by atoms with E-state index in [1.807, 2.05) is 0 Å². The SMILES string of the molecule is CCN1C(=O)N(c2ccc(Cl)cc2C)S(=O)(=O)c2ccccc21. The summed E-state index contributed by atoms with van der Waals surface area (Å²) in [5.41, 5.74) is 1.33. The van der Waals surface area contributed by atoms with E-state index in [0.717, 1.165) is 4.31 Å². The van der Waals surface area contributed by atoms with Crippen molar-refractivity contribution in [2.24, 2.45) is 0 Å². The molecule has 0 spiro atoms. The van der Waals surface area contributed by atoms with E-state index in [1.54, 1.807) is 50.2 Å². The molecule has 2 amide bonds. The molecule has 7 heteroatoms. The molecule has 120 valence electrons. The molecule has 23 heavy (non-hydrogen) atoms. The van der Waals surface area contributed by atoms with E-state index in [1.165, 1.54) is 11.0 Å². The third-order valence-electron chi connectivity index (χ3n) is 3.77. The molecule has 2 aromatic rings. The summed E-state index contributed by atoms with van der Waals surface area (Å²) in [6.07, 6.45) is 0. The maximum atomic E-state index is 13.0. The van der Waals surface area contributed by atoms with Crippen LogP contribution in [0.4, 0.5) is 16.2 Å². The second kappa shape index (κ2) is 5.54. The fourth-order valence-corrected chi connectivity index (χ4v) is 4.58. The maximum absolute atomic E-state index is 13.0. The first-order valence-electron chi connectivity index (χ1n) is 7.10. The Morgan fingerprint density at radius 2 is 1.78 bits per heavy atom. The minimum atomic E-state index is -3.96. The van der Waals surface area contributed by atoms with E-state index in [2.05, 4.69) is 0 Å². The molecule has 0 aromatic heterocycles. The number of nitrogens with zero attached hydrogens (tertiary/aromatic N) is 2. The van der Waals surface area contributed by atoms with Gasteiger partial charge in [-0.25, -0.2) is 13.2 Å². The van der Waals surface area contributed by atoms with Crippen molar-refractivity contribution in [2.75, 3.05) is 15.7 Å². The summed E-state index contributed by atoms with van der Waals surface area (Å²) in [5, 5.41) is 0.487. The Labute approximate surface area is 140 Å². The van der Waals surface area contributed by atoms with Gasteiger partial charge in [-0.3, -0.25) is 4.90 Å². The van der Waals surface area contributed by atoms with E-state index in [4.69, 9.17) is 11.6 Å². The minimum absolute atomic E-state index is 0.121. The van der Waals surface area contributed by atoms with Gasteiger partial charge in [-0.15, -0.1) is 0 Å². The molecule has 0 aliphatic carbocycles. The van der Waals surface area contributed by atoms with E-state index in [0.29, 0.717) is 28.5 Å². The number of rotatable bonds is 2. The lowest BCUT2D eigenvalue weighted by Gasteiger charge is -2.36. The largest absolute Gasteiger partial charge is 0.343 e. The lowest BCUT2D eigenvalue weighted by molar-refractivity contribution is 0.254. The number of halogens is 1. The molecule has 0 radical (unpaired) electrons. The Bertz CT molecular complexity index is 896. The van der Waals surface area contributed by atoms with Gasteiger partial charge in [-0.1, -0.05) is 23.7 Å². The number of benzene rings is 2. The zero-order chi connectivity index (χ0) is 16.8. The third-order valence-corrected chi connectivity index (χ3v) is 5.74. The van der Waals surface area contributed by atoms with Crippen LogP contribution in [0.1, 0.15) is 12.5 Å². The van der Waals surface area contributed by atoms with Crippen molar-refractivity contribution < 1.29 is 13.2 Å². The van der Waals surface area contributed by atoms with Crippen molar-refractivity contribution in [1.82, 2.24) is 0 Å². The van der Waals surface area contributed by atoms with Crippen LogP contribution in [-0.4, -0.2) is 21.0 Å². The van der Waals surface area contributed by atoms with Gasteiger partial charge in [0.05, 0.1) is 11.4 Å². The minimum Gasteiger partial charge on any atom is -0.292 e. The number of carbonyl (C=O) groups is 1.